The van der Waals surface area contributed by atoms with Crippen LogP contribution in [-0.4, -0.2) is 3.21 Å². The zero-order valence-electron chi connectivity index (χ0n) is 18.1. The van der Waals surface area contributed by atoms with Crippen LogP contribution in [0.5, 0.6) is 0 Å². The van der Waals surface area contributed by atoms with Crippen LogP contribution in [0, 0.1) is 13.8 Å². The van der Waals surface area contributed by atoms with E-state index in [0.29, 0.717) is 3.63 Å². The summed E-state index contributed by atoms with van der Waals surface area (Å²) in [5.74, 6) is 0. The second kappa shape index (κ2) is 9.95. The van der Waals surface area contributed by atoms with Crippen molar-refractivity contribution in [1.29, 1.82) is 0 Å². The van der Waals surface area contributed by atoms with E-state index in [1.165, 1.54) is 27.8 Å². The maximum absolute atomic E-state index is 2.47. The van der Waals surface area contributed by atoms with Crippen molar-refractivity contribution in [1.82, 2.24) is 0 Å². The van der Waals surface area contributed by atoms with Crippen LogP contribution in [-0.2, 0) is 21.3 Å². The Morgan fingerprint density at radius 1 is 0.806 bits per heavy atom. The minimum Gasteiger partial charge on any atom is -1.00 e. The number of benzene rings is 3. The Kier molecular flexibility index (Phi) is 7.74. The van der Waals surface area contributed by atoms with E-state index in [4.69, 9.17) is 0 Å². The van der Waals surface area contributed by atoms with Crippen molar-refractivity contribution < 1.29 is 46.1 Å². The normalized spacial score (nSPS) is 14.2. The molecule has 0 nitrogen and oxygen atoms in total. The third-order valence-electron chi connectivity index (χ3n) is 6.34. The van der Waals surface area contributed by atoms with Crippen molar-refractivity contribution in [2.75, 3.05) is 0 Å². The molecule has 3 heteroatoms. The van der Waals surface area contributed by atoms with E-state index in [-0.39, 0.29) is 24.8 Å². The number of hydrogen-bond donors (Lipinski definition) is 0. The van der Waals surface area contributed by atoms with E-state index >= 15 is 0 Å². The van der Waals surface area contributed by atoms with E-state index in [1.54, 1.807) is 17.6 Å². The molecule has 0 N–H and O–H groups in total. The van der Waals surface area contributed by atoms with E-state index in [1.807, 2.05) is 0 Å². The van der Waals surface area contributed by atoms with Crippen LogP contribution in [0.4, 0.5) is 0 Å². The zero-order valence-corrected chi connectivity index (χ0v) is 22.1. The van der Waals surface area contributed by atoms with E-state index < -0.39 is 21.3 Å². The minimum absolute atomic E-state index is 0. The molecule has 0 spiro atoms. The molecule has 2 aliphatic carbocycles. The first-order valence-electron chi connectivity index (χ1n) is 10.5. The van der Waals surface area contributed by atoms with Gasteiger partial charge in [-0.25, -0.2) is 0 Å². The number of aryl methyl sites for hydroxylation is 2. The maximum atomic E-state index is 2.47. The van der Waals surface area contributed by atoms with Crippen LogP contribution in [0.2, 0.25) is 0 Å². The van der Waals surface area contributed by atoms with Gasteiger partial charge in [0.25, 0.3) is 0 Å². The molecule has 156 valence electrons. The standard InChI is InChI=1S/C15H13.C8H8.C5H5.2ClH.Zr/c1-10-3-5-14-12(7-10)9-13-8-11(2)4-6-15(13)14;1-2-8-6-4-3-5-7-8;1-2-4-5-3-1;;;/h3-9H,1-2H3;3-7H,1H3;1-3H,4H2;2*1H;/q;;;;;+2/p-2. The van der Waals surface area contributed by atoms with Crippen molar-refractivity contribution in [3.8, 4) is 11.1 Å². The third-order valence-corrected chi connectivity index (χ3v) is 14.6. The largest absolute Gasteiger partial charge is 1.00 e. The molecule has 0 atom stereocenters. The fraction of sp³-hybridized carbons (Fsp3) is 0.179. The topological polar surface area (TPSA) is 0 Å². The van der Waals surface area contributed by atoms with Crippen LogP contribution in [0.1, 0.15) is 44.8 Å². The van der Waals surface area contributed by atoms with Crippen LogP contribution < -0.4 is 24.8 Å². The summed E-state index contributed by atoms with van der Waals surface area (Å²) in [6, 6.07) is 25.3. The Bertz CT molecular complexity index is 1150. The fourth-order valence-electron chi connectivity index (χ4n) is 4.94. The first kappa shape index (κ1) is 24.1. The summed E-state index contributed by atoms with van der Waals surface area (Å²) in [6.07, 6.45) is 8.19. The summed E-state index contributed by atoms with van der Waals surface area (Å²) >= 11 is -2.22. The molecule has 0 heterocycles. The predicted molar refractivity (Wildman–Crippen MR) is 121 cm³/mol. The first-order valence-corrected chi connectivity index (χ1v) is 14.3. The van der Waals surface area contributed by atoms with Gasteiger partial charge in [-0.05, 0) is 0 Å². The van der Waals surface area contributed by atoms with Crippen molar-refractivity contribution in [3.63, 3.8) is 0 Å². The molecule has 0 unspecified atom stereocenters. The van der Waals surface area contributed by atoms with E-state index in [9.17, 15) is 0 Å². The average molecular weight is 525 g/mol. The number of fused-ring (bicyclic) bond motifs is 3. The quantitative estimate of drug-likeness (QED) is 0.481. The molecule has 0 saturated carbocycles. The second-order valence-corrected chi connectivity index (χ2v) is 15.2. The van der Waals surface area contributed by atoms with Gasteiger partial charge in [0.15, 0.2) is 0 Å². The van der Waals surface area contributed by atoms with Gasteiger partial charge in [-0.2, -0.15) is 0 Å². The molecule has 0 bridgehead atoms. The molecule has 3 aromatic carbocycles. The maximum Gasteiger partial charge on any atom is -1.00 e. The first-order chi connectivity index (χ1) is 14.1. The summed E-state index contributed by atoms with van der Waals surface area (Å²) in [7, 11) is 0. The summed E-state index contributed by atoms with van der Waals surface area (Å²) in [6.45, 7) is 6.89. The Morgan fingerprint density at radius 3 is 1.90 bits per heavy atom. The number of halogens is 2. The summed E-state index contributed by atoms with van der Waals surface area (Å²) in [5.41, 5.74) is 10.2. The Labute approximate surface area is 206 Å². The number of allylic oxidation sites excluding steroid dienone is 4. The fourth-order valence-corrected chi connectivity index (χ4v) is 13.5. The smallest absolute Gasteiger partial charge is 1.00 e. The Balaban J connectivity index is 0.00000136. The van der Waals surface area contributed by atoms with Crippen molar-refractivity contribution in [3.05, 3.63) is 116 Å². The van der Waals surface area contributed by atoms with Crippen molar-refractivity contribution >= 4 is 3.21 Å². The molecule has 0 aliphatic heterocycles. The number of rotatable bonds is 3. The van der Waals surface area contributed by atoms with Gasteiger partial charge in [-0.3, -0.25) is 0 Å². The molecule has 0 saturated heterocycles. The van der Waals surface area contributed by atoms with Crippen molar-refractivity contribution in [2.45, 2.75) is 30.8 Å². The number of hydrogen-bond acceptors (Lipinski definition) is 0. The SMILES string of the molecule is C/[C](c1ccccc1)=[Zr+2](/[C]1=CC=CC1)[CH]1c2cc(C)ccc2-c2ccc(C)cc21.[Cl-].[Cl-]. The van der Waals surface area contributed by atoms with Gasteiger partial charge in [0.1, 0.15) is 0 Å². The molecule has 0 radical (unpaired) electrons. The van der Waals surface area contributed by atoms with Gasteiger partial charge in [0, 0.05) is 0 Å². The van der Waals surface area contributed by atoms with Crippen LogP contribution in [0.25, 0.3) is 11.1 Å². The molecule has 31 heavy (non-hydrogen) atoms. The molecule has 0 amide bonds. The second-order valence-electron chi connectivity index (χ2n) is 8.34. The van der Waals surface area contributed by atoms with Crippen LogP contribution >= 0.6 is 0 Å². The molecular formula is C28H26Cl2Zr. The van der Waals surface area contributed by atoms with Gasteiger partial charge >= 0.3 is 182 Å². The molecule has 5 rings (SSSR count). The van der Waals surface area contributed by atoms with Crippen molar-refractivity contribution in [2.24, 2.45) is 0 Å². The molecule has 3 aromatic rings. The molecule has 0 aromatic heterocycles. The zero-order chi connectivity index (χ0) is 20.0. The van der Waals surface area contributed by atoms with Gasteiger partial charge in [0.05, 0.1) is 0 Å². The molecule has 2 aliphatic rings. The van der Waals surface area contributed by atoms with E-state index in [0.717, 1.165) is 6.42 Å². The third kappa shape index (κ3) is 4.38. The van der Waals surface area contributed by atoms with Gasteiger partial charge in [-0.1, -0.05) is 0 Å². The Morgan fingerprint density at radius 2 is 1.39 bits per heavy atom. The Hall–Kier alpha value is -1.53. The average Bonchev–Trinajstić information content (AvgIpc) is 3.36. The minimum atomic E-state index is -2.22. The summed E-state index contributed by atoms with van der Waals surface area (Å²) in [5, 5.41) is 0. The predicted octanol–water partition coefficient (Wildman–Crippen LogP) is 1.08. The van der Waals surface area contributed by atoms with Gasteiger partial charge in [0.2, 0.25) is 0 Å². The monoisotopic (exact) mass is 522 g/mol. The van der Waals surface area contributed by atoms with Gasteiger partial charge in [-0.15, -0.1) is 0 Å². The van der Waals surface area contributed by atoms with E-state index in [2.05, 4.69) is 106 Å². The van der Waals surface area contributed by atoms with Crippen LogP contribution in [0.15, 0.2) is 88.2 Å². The summed E-state index contributed by atoms with van der Waals surface area (Å²) < 4.78 is 3.95. The summed E-state index contributed by atoms with van der Waals surface area (Å²) in [4.78, 5) is 0. The van der Waals surface area contributed by atoms with Crippen LogP contribution in [0.3, 0.4) is 0 Å². The molecular weight excluding hydrogens is 498 g/mol. The van der Waals surface area contributed by atoms with Gasteiger partial charge < -0.3 is 24.8 Å². The molecule has 0 fully saturated rings.